The van der Waals surface area contributed by atoms with Crippen molar-refractivity contribution >= 4 is 45.6 Å². The van der Waals surface area contributed by atoms with Gasteiger partial charge in [-0.05, 0) is 49.2 Å². The maximum absolute atomic E-state index is 6.10. The topological polar surface area (TPSA) is 45.1 Å². The average molecular weight is 460 g/mol. The summed E-state index contributed by atoms with van der Waals surface area (Å²) in [7, 11) is 0. The molecule has 0 aromatic heterocycles. The van der Waals surface area contributed by atoms with Gasteiger partial charge in [-0.2, -0.15) is 10.5 Å². The largest absolute Gasteiger partial charge is 0.308 e. The molecule has 1 aliphatic carbocycles. The molecule has 0 bridgehead atoms. The van der Waals surface area contributed by atoms with E-state index < -0.39 is 10.5 Å². The number of rotatable bonds is 3. The summed E-state index contributed by atoms with van der Waals surface area (Å²) < 4.78 is 0. The fourth-order valence-corrected chi connectivity index (χ4v) is 6.53. The number of hydrogen-bond acceptors (Lipinski definition) is 3. The van der Waals surface area contributed by atoms with Crippen molar-refractivity contribution in [1.29, 1.82) is 0 Å². The van der Waals surface area contributed by atoms with Gasteiger partial charge in [0.1, 0.15) is 10.5 Å². The van der Waals surface area contributed by atoms with E-state index in [0.717, 1.165) is 47.9 Å². The number of para-hydroxylation sites is 2. The number of amidine groups is 1. The highest BCUT2D eigenvalue weighted by molar-refractivity contribution is 8.16. The lowest BCUT2D eigenvalue weighted by molar-refractivity contribution is -0.455. The Labute approximate surface area is 196 Å². The van der Waals surface area contributed by atoms with Gasteiger partial charge < -0.3 is 4.90 Å². The monoisotopic (exact) mass is 459 g/mol. The minimum atomic E-state index is -0.502. The molecule has 2 heterocycles. The number of anilines is 1. The lowest BCUT2D eigenvalue weighted by atomic mass is 9.83. The number of halogens is 1. The van der Waals surface area contributed by atoms with Gasteiger partial charge in [0.25, 0.3) is 0 Å². The molecule has 3 aromatic rings. The Kier molecular flexibility index (Phi) is 4.73. The maximum atomic E-state index is 6.10. The SMILES string of the molecule is Clc1ccc(N=C2S[C@]34CCCC[C@]3(N=[N+](c3ccccc3)[N-]4)N2c2ccccc2)cc1. The highest BCUT2D eigenvalue weighted by Gasteiger charge is 2.66. The molecule has 32 heavy (non-hydrogen) atoms. The van der Waals surface area contributed by atoms with Gasteiger partial charge in [-0.15, -0.1) is 4.81 Å². The van der Waals surface area contributed by atoms with Crippen molar-refractivity contribution in [2.45, 2.75) is 36.2 Å². The first-order chi connectivity index (χ1) is 15.7. The van der Waals surface area contributed by atoms with Gasteiger partial charge in [-0.3, -0.25) is 0 Å². The fourth-order valence-electron chi connectivity index (χ4n) is 4.84. The zero-order valence-corrected chi connectivity index (χ0v) is 19.0. The Morgan fingerprint density at radius 3 is 2.34 bits per heavy atom. The second kappa shape index (κ2) is 7.64. The van der Waals surface area contributed by atoms with Crippen LogP contribution in [0.4, 0.5) is 17.1 Å². The molecule has 1 saturated heterocycles. The predicted molar refractivity (Wildman–Crippen MR) is 131 cm³/mol. The van der Waals surface area contributed by atoms with Gasteiger partial charge in [0.05, 0.1) is 5.69 Å². The molecule has 7 heteroatoms. The number of benzene rings is 3. The summed E-state index contributed by atoms with van der Waals surface area (Å²) in [6, 6.07) is 28.3. The van der Waals surface area contributed by atoms with Gasteiger partial charge in [-0.25, -0.2) is 4.99 Å². The van der Waals surface area contributed by atoms with Crippen LogP contribution in [0.15, 0.2) is 95.0 Å². The van der Waals surface area contributed by atoms with Crippen LogP contribution < -0.4 is 4.90 Å². The molecule has 2 atom stereocenters. The van der Waals surface area contributed by atoms with Crippen molar-refractivity contribution in [1.82, 2.24) is 0 Å². The fraction of sp³-hybridized carbons (Fsp3) is 0.240. The van der Waals surface area contributed by atoms with E-state index in [2.05, 4.69) is 41.3 Å². The number of thioether (sulfide) groups is 1. The van der Waals surface area contributed by atoms with Crippen LogP contribution in [0.5, 0.6) is 0 Å². The lowest BCUT2D eigenvalue weighted by Gasteiger charge is -2.46. The minimum Gasteiger partial charge on any atom is -0.308 e. The number of azo groups is 1. The third-order valence-electron chi connectivity index (χ3n) is 6.31. The van der Waals surface area contributed by atoms with Crippen molar-refractivity contribution in [3.8, 4) is 0 Å². The quantitative estimate of drug-likeness (QED) is 0.377. The van der Waals surface area contributed by atoms with Crippen LogP contribution in [-0.2, 0) is 0 Å². The van der Waals surface area contributed by atoms with E-state index in [1.807, 2.05) is 53.3 Å². The van der Waals surface area contributed by atoms with E-state index in [-0.39, 0.29) is 0 Å². The Morgan fingerprint density at radius 2 is 1.59 bits per heavy atom. The zero-order valence-electron chi connectivity index (χ0n) is 17.4. The van der Waals surface area contributed by atoms with Gasteiger partial charge in [0, 0.05) is 22.8 Å². The van der Waals surface area contributed by atoms with E-state index in [0.29, 0.717) is 5.02 Å². The van der Waals surface area contributed by atoms with Gasteiger partial charge in [-0.1, -0.05) is 72.6 Å². The molecule has 3 aromatic carbocycles. The molecule has 2 fully saturated rings. The van der Waals surface area contributed by atoms with Crippen LogP contribution in [0.3, 0.4) is 0 Å². The van der Waals surface area contributed by atoms with Crippen molar-refractivity contribution in [3.05, 3.63) is 95.4 Å². The Balaban J connectivity index is 1.53. The third-order valence-corrected chi connectivity index (χ3v) is 7.97. The van der Waals surface area contributed by atoms with Crippen LogP contribution in [0.25, 0.3) is 5.43 Å². The maximum Gasteiger partial charge on any atom is 0.225 e. The Morgan fingerprint density at radius 1 is 0.906 bits per heavy atom. The lowest BCUT2D eigenvalue weighted by Crippen LogP contribution is -2.55. The molecular weight excluding hydrogens is 438 g/mol. The summed E-state index contributed by atoms with van der Waals surface area (Å²) in [5, 5.41) is 6.94. The van der Waals surface area contributed by atoms with Gasteiger partial charge in [0.15, 0.2) is 5.17 Å². The normalized spacial score (nSPS) is 27.6. The molecule has 0 amide bonds. The second-order valence-electron chi connectivity index (χ2n) is 8.28. The highest BCUT2D eigenvalue weighted by atomic mass is 35.5. The average Bonchev–Trinajstić information content (AvgIpc) is 3.31. The predicted octanol–water partition coefficient (Wildman–Crippen LogP) is 7.65. The van der Waals surface area contributed by atoms with E-state index in [1.54, 1.807) is 11.8 Å². The number of aliphatic imine (C=N–C) groups is 1. The van der Waals surface area contributed by atoms with E-state index in [9.17, 15) is 0 Å². The van der Waals surface area contributed by atoms with Crippen LogP contribution in [0.2, 0.25) is 5.02 Å². The van der Waals surface area contributed by atoms with Crippen molar-refractivity contribution in [2.24, 2.45) is 10.1 Å². The molecule has 0 radical (unpaired) electrons. The van der Waals surface area contributed by atoms with E-state index >= 15 is 0 Å². The summed E-state index contributed by atoms with van der Waals surface area (Å²) >= 11 is 7.85. The van der Waals surface area contributed by atoms with Crippen LogP contribution in [-0.4, -0.2) is 20.5 Å². The summed E-state index contributed by atoms with van der Waals surface area (Å²) in [4.78, 5) is 8.83. The van der Waals surface area contributed by atoms with E-state index in [4.69, 9.17) is 27.1 Å². The molecular formula is C25H22ClN5S. The summed E-state index contributed by atoms with van der Waals surface area (Å²) in [5.41, 5.74) is 7.69. The molecule has 2 aliphatic heterocycles. The second-order valence-corrected chi connectivity index (χ2v) is 9.96. The Hall–Kier alpha value is -2.83. The molecule has 0 spiro atoms. The van der Waals surface area contributed by atoms with Crippen molar-refractivity contribution in [2.75, 3.05) is 4.90 Å². The van der Waals surface area contributed by atoms with E-state index in [1.165, 1.54) is 0 Å². The Bertz CT molecular complexity index is 1200. The van der Waals surface area contributed by atoms with Crippen molar-refractivity contribution in [3.63, 3.8) is 0 Å². The van der Waals surface area contributed by atoms with Gasteiger partial charge >= 0.3 is 0 Å². The molecule has 6 rings (SSSR count). The van der Waals surface area contributed by atoms with Crippen LogP contribution in [0.1, 0.15) is 25.7 Å². The molecule has 3 aliphatic rings. The van der Waals surface area contributed by atoms with Gasteiger partial charge in [0.2, 0.25) is 5.69 Å². The third kappa shape index (κ3) is 3.05. The zero-order chi connectivity index (χ0) is 21.6. The number of hydrogen-bond donors (Lipinski definition) is 0. The molecule has 5 nitrogen and oxygen atoms in total. The summed E-state index contributed by atoms with van der Waals surface area (Å²) in [6.45, 7) is 0. The first kappa shape index (κ1) is 19.8. The van der Waals surface area contributed by atoms with Crippen LogP contribution in [0, 0.1) is 0 Å². The first-order valence-corrected chi connectivity index (χ1v) is 12.1. The van der Waals surface area contributed by atoms with Crippen LogP contribution >= 0.6 is 23.4 Å². The smallest absolute Gasteiger partial charge is 0.225 e. The highest BCUT2D eigenvalue weighted by Crippen LogP contribution is 2.64. The summed E-state index contributed by atoms with van der Waals surface area (Å²) in [6.07, 6.45) is 4.14. The molecule has 1 saturated carbocycles. The first-order valence-electron chi connectivity index (χ1n) is 10.9. The molecule has 0 N–H and O–H groups in total. The number of nitrogens with zero attached hydrogens (tertiary/aromatic N) is 5. The molecule has 160 valence electrons. The molecule has 0 unspecified atom stereocenters. The summed E-state index contributed by atoms with van der Waals surface area (Å²) in [5.74, 6) is 0. The minimum absolute atomic E-state index is 0.401. The standard InChI is InChI=1S/C25H22ClN5S/c26-19-13-15-20(16-14-19)27-23-30(21-9-3-1-4-10-21)24-17-7-8-18-25(24,32-23)29-31(28-24)22-11-5-2-6-12-22/h1-6,9-16H,7-8,17-18H2/t24-,25+/m0/s1. The van der Waals surface area contributed by atoms with Crippen molar-refractivity contribution < 1.29 is 4.81 Å².